The van der Waals surface area contributed by atoms with Crippen LogP contribution in [-0.4, -0.2) is 14.2 Å². The molecule has 3 aromatic carbocycles. The zero-order valence-corrected chi connectivity index (χ0v) is 14.4. The summed E-state index contributed by atoms with van der Waals surface area (Å²) >= 11 is 1.11. The zero-order valence-electron chi connectivity index (χ0n) is 13.6. The molecule has 0 spiro atoms. The number of hydrogen-bond acceptors (Lipinski definition) is 3. The number of rotatable bonds is 3. The Bertz CT molecular complexity index is 1080. The van der Waals surface area contributed by atoms with Crippen molar-refractivity contribution < 1.29 is 18.3 Å². The highest BCUT2D eigenvalue weighted by atomic mass is 32.1. The first-order valence-corrected chi connectivity index (χ1v) is 8.47. The monoisotopic (exact) mass is 356 g/mol. The molecule has 4 rings (SSSR count). The van der Waals surface area contributed by atoms with Crippen molar-refractivity contribution in [3.05, 3.63) is 60.2 Å². The Labute approximate surface area is 147 Å². The van der Waals surface area contributed by atoms with Crippen molar-refractivity contribution in [1.29, 1.82) is 0 Å². The van der Waals surface area contributed by atoms with Crippen LogP contribution in [-0.2, 0) is 0 Å². The van der Waals surface area contributed by atoms with E-state index in [2.05, 4.69) is 0 Å². The quantitative estimate of drug-likeness (QED) is 0.447. The summed E-state index contributed by atoms with van der Waals surface area (Å²) in [5.41, 5.74) is 1.23. The van der Waals surface area contributed by atoms with E-state index in [0.717, 1.165) is 16.9 Å². The first-order chi connectivity index (χ1) is 12.1. The van der Waals surface area contributed by atoms with Crippen LogP contribution in [0.1, 0.15) is 0 Å². The Morgan fingerprint density at radius 1 is 0.720 bits per heavy atom. The topological polar surface area (TPSA) is 18.5 Å². The highest BCUT2D eigenvalue weighted by Crippen LogP contribution is 2.41. The van der Waals surface area contributed by atoms with E-state index in [1.807, 2.05) is 6.07 Å². The molecule has 126 valence electrons. The molecule has 5 heteroatoms. The van der Waals surface area contributed by atoms with E-state index in [4.69, 9.17) is 9.47 Å². The van der Waals surface area contributed by atoms with Crippen LogP contribution in [0.5, 0.6) is 11.5 Å². The second-order valence-electron chi connectivity index (χ2n) is 5.59. The molecular formula is C20H14F2O2S. The van der Waals surface area contributed by atoms with Gasteiger partial charge < -0.3 is 9.47 Å². The van der Waals surface area contributed by atoms with E-state index < -0.39 is 5.82 Å². The summed E-state index contributed by atoms with van der Waals surface area (Å²) in [7, 11) is 3.00. The first kappa shape index (κ1) is 15.8. The molecule has 0 bridgehead atoms. The molecule has 4 aromatic rings. The van der Waals surface area contributed by atoms with Gasteiger partial charge in [-0.25, -0.2) is 8.78 Å². The van der Waals surface area contributed by atoms with E-state index in [-0.39, 0.29) is 11.6 Å². The number of benzene rings is 3. The van der Waals surface area contributed by atoms with Crippen molar-refractivity contribution in [1.82, 2.24) is 0 Å². The zero-order chi connectivity index (χ0) is 17.6. The van der Waals surface area contributed by atoms with Gasteiger partial charge in [-0.05, 0) is 29.8 Å². The maximum absolute atomic E-state index is 15.1. The summed E-state index contributed by atoms with van der Waals surface area (Å²) < 4.78 is 40.6. The van der Waals surface area contributed by atoms with Crippen LogP contribution in [0.15, 0.2) is 48.5 Å². The molecule has 0 N–H and O–H groups in total. The van der Waals surface area contributed by atoms with Crippen LogP contribution >= 0.6 is 11.3 Å². The molecule has 0 aliphatic rings. The molecule has 0 unspecified atom stereocenters. The molecule has 2 nitrogen and oxygen atoms in total. The average Bonchev–Trinajstić information content (AvgIpc) is 3.03. The number of ether oxygens (including phenoxy) is 2. The minimum Gasteiger partial charge on any atom is -0.497 e. The highest BCUT2D eigenvalue weighted by molar-refractivity contribution is 7.26. The number of methoxy groups -OCH3 is 2. The van der Waals surface area contributed by atoms with Gasteiger partial charge in [0.15, 0.2) is 11.6 Å². The molecule has 0 amide bonds. The Balaban J connectivity index is 1.95. The molecule has 0 radical (unpaired) electrons. The minimum atomic E-state index is -0.452. The summed E-state index contributed by atoms with van der Waals surface area (Å²) in [5, 5.41) is 1.40. The number of thiophene rings is 1. The van der Waals surface area contributed by atoms with E-state index in [9.17, 15) is 4.39 Å². The van der Waals surface area contributed by atoms with Gasteiger partial charge in [0.2, 0.25) is 0 Å². The minimum absolute atomic E-state index is 0.162. The summed E-state index contributed by atoms with van der Waals surface area (Å²) in [4.78, 5) is 0. The van der Waals surface area contributed by atoms with Crippen LogP contribution in [0.4, 0.5) is 8.78 Å². The Morgan fingerprint density at radius 3 is 2.00 bits per heavy atom. The first-order valence-electron chi connectivity index (χ1n) is 7.65. The molecule has 0 aliphatic carbocycles. The fourth-order valence-corrected chi connectivity index (χ4v) is 4.14. The van der Waals surface area contributed by atoms with Gasteiger partial charge in [0, 0.05) is 16.3 Å². The van der Waals surface area contributed by atoms with Crippen molar-refractivity contribution in [3.63, 3.8) is 0 Å². The summed E-state index contributed by atoms with van der Waals surface area (Å²) in [5.74, 6) is 0.0740. The Morgan fingerprint density at radius 2 is 1.36 bits per heavy atom. The third-order valence-electron chi connectivity index (χ3n) is 4.27. The van der Waals surface area contributed by atoms with E-state index >= 15 is 4.39 Å². The number of hydrogen-bond donors (Lipinski definition) is 0. The third kappa shape index (κ3) is 2.43. The summed E-state index contributed by atoms with van der Waals surface area (Å²) in [6.07, 6.45) is 0. The van der Waals surface area contributed by atoms with Gasteiger partial charge in [0.05, 0.1) is 23.6 Å². The SMILES string of the molecule is COc1ccc(-c2ccc3c(sc4c(F)c(OC)ccc43)c2F)cc1. The van der Waals surface area contributed by atoms with Crippen molar-refractivity contribution in [2.45, 2.75) is 0 Å². The molecular weight excluding hydrogens is 342 g/mol. The molecule has 1 aromatic heterocycles. The normalized spacial score (nSPS) is 11.2. The van der Waals surface area contributed by atoms with Gasteiger partial charge in [0.1, 0.15) is 11.6 Å². The van der Waals surface area contributed by atoms with Gasteiger partial charge in [-0.2, -0.15) is 0 Å². The van der Waals surface area contributed by atoms with Crippen LogP contribution in [0.25, 0.3) is 31.3 Å². The molecule has 0 fully saturated rings. The van der Waals surface area contributed by atoms with Gasteiger partial charge in [-0.1, -0.05) is 24.3 Å². The van der Waals surface area contributed by atoms with E-state index in [0.29, 0.717) is 31.5 Å². The van der Waals surface area contributed by atoms with Crippen molar-refractivity contribution >= 4 is 31.5 Å². The van der Waals surface area contributed by atoms with Crippen molar-refractivity contribution in [2.24, 2.45) is 0 Å². The van der Waals surface area contributed by atoms with E-state index in [1.165, 1.54) is 7.11 Å². The molecule has 0 atom stereocenters. The fraction of sp³-hybridized carbons (Fsp3) is 0.100. The summed E-state index contributed by atoms with van der Waals surface area (Å²) in [6, 6.07) is 14.1. The van der Waals surface area contributed by atoms with E-state index in [1.54, 1.807) is 49.6 Å². The van der Waals surface area contributed by atoms with Gasteiger partial charge in [-0.3, -0.25) is 0 Å². The molecule has 0 saturated heterocycles. The molecule has 0 aliphatic heterocycles. The predicted molar refractivity (Wildman–Crippen MR) is 97.8 cm³/mol. The Hall–Kier alpha value is -2.66. The fourth-order valence-electron chi connectivity index (χ4n) is 2.97. The average molecular weight is 356 g/mol. The smallest absolute Gasteiger partial charge is 0.182 e. The van der Waals surface area contributed by atoms with Crippen LogP contribution in [0, 0.1) is 11.6 Å². The van der Waals surface area contributed by atoms with Gasteiger partial charge in [-0.15, -0.1) is 11.3 Å². The standard InChI is InChI=1S/C20H14F2O2S/c1-23-12-5-3-11(4-6-12)13-7-8-14-15-9-10-16(24-2)18(22)20(15)25-19(14)17(13)21/h3-10H,1-2H3. The second-order valence-corrected chi connectivity index (χ2v) is 6.61. The number of fused-ring (bicyclic) bond motifs is 3. The van der Waals surface area contributed by atoms with Crippen molar-refractivity contribution in [3.8, 4) is 22.6 Å². The van der Waals surface area contributed by atoms with Crippen molar-refractivity contribution in [2.75, 3.05) is 14.2 Å². The molecule has 25 heavy (non-hydrogen) atoms. The van der Waals surface area contributed by atoms with Gasteiger partial charge in [0.25, 0.3) is 0 Å². The maximum Gasteiger partial charge on any atom is 0.182 e. The maximum atomic E-state index is 15.1. The van der Waals surface area contributed by atoms with Gasteiger partial charge >= 0.3 is 0 Å². The predicted octanol–water partition coefficient (Wildman–Crippen LogP) is 6.02. The molecule has 0 saturated carbocycles. The van der Waals surface area contributed by atoms with Crippen LogP contribution in [0.2, 0.25) is 0 Å². The number of halogens is 2. The van der Waals surface area contributed by atoms with Crippen LogP contribution in [0.3, 0.4) is 0 Å². The lowest BCUT2D eigenvalue weighted by Gasteiger charge is -2.06. The second kappa shape index (κ2) is 6.01. The van der Waals surface area contributed by atoms with Crippen LogP contribution < -0.4 is 9.47 Å². The highest BCUT2D eigenvalue weighted by Gasteiger charge is 2.18. The Kier molecular flexibility index (Phi) is 3.81. The third-order valence-corrected chi connectivity index (χ3v) is 5.48. The summed E-state index contributed by atoms with van der Waals surface area (Å²) in [6.45, 7) is 0. The lowest BCUT2D eigenvalue weighted by molar-refractivity contribution is 0.389. The largest absolute Gasteiger partial charge is 0.497 e. The lowest BCUT2D eigenvalue weighted by Crippen LogP contribution is -1.87. The molecule has 1 heterocycles. The lowest BCUT2D eigenvalue weighted by atomic mass is 10.0.